The van der Waals surface area contributed by atoms with E-state index in [1.807, 2.05) is 18.5 Å². The van der Waals surface area contributed by atoms with E-state index in [4.69, 9.17) is 0 Å². The molecule has 1 aromatic carbocycles. The van der Waals surface area contributed by atoms with Crippen LogP contribution in [0.4, 0.5) is 4.79 Å². The number of benzene rings is 1. The van der Waals surface area contributed by atoms with E-state index in [1.165, 1.54) is 5.56 Å². The summed E-state index contributed by atoms with van der Waals surface area (Å²) < 4.78 is 1.93. The van der Waals surface area contributed by atoms with Crippen molar-refractivity contribution in [3.8, 4) is 0 Å². The number of carbonyl (C=O) groups excluding carboxylic acids is 2. The number of amides is 3. The predicted molar refractivity (Wildman–Crippen MR) is 115 cm³/mol. The Bertz CT molecular complexity index is 997. The molecule has 4 rings (SSSR count). The lowest BCUT2D eigenvalue weighted by Gasteiger charge is -2.33. The first kappa shape index (κ1) is 20.3. The zero-order valence-corrected chi connectivity index (χ0v) is 18.1. The van der Waals surface area contributed by atoms with E-state index in [2.05, 4.69) is 53.6 Å². The summed E-state index contributed by atoms with van der Waals surface area (Å²) in [5.74, 6) is 0.348. The summed E-state index contributed by atoms with van der Waals surface area (Å²) in [6.45, 7) is 8.80. The Morgan fingerprint density at radius 1 is 1.17 bits per heavy atom. The van der Waals surface area contributed by atoms with Crippen LogP contribution >= 0.6 is 0 Å². The van der Waals surface area contributed by atoms with Crippen LogP contribution in [-0.4, -0.2) is 38.5 Å². The molecule has 1 spiro atoms. The molecule has 0 atom stereocenters. The Kier molecular flexibility index (Phi) is 5.22. The quantitative estimate of drug-likeness (QED) is 0.620. The van der Waals surface area contributed by atoms with E-state index in [0.717, 1.165) is 40.4 Å². The van der Waals surface area contributed by atoms with Gasteiger partial charge in [0.1, 0.15) is 5.54 Å². The van der Waals surface area contributed by atoms with E-state index in [9.17, 15) is 9.59 Å². The minimum absolute atomic E-state index is 0.238. The lowest BCUT2D eigenvalue weighted by molar-refractivity contribution is -0.132. The number of nitrogens with one attached hydrogen (secondary N) is 1. The number of hydrogen-bond acceptors (Lipinski definition) is 4. The summed E-state index contributed by atoms with van der Waals surface area (Å²) in [4.78, 5) is 25.4. The molecule has 1 aromatic heterocycles. The first-order valence-electron chi connectivity index (χ1n) is 10.6. The standard InChI is InChI=1S/C23H29N5O2/c1-15-5-7-19(8-6-15)14-27-18(4)20(17(3)26-27)13-24-28-21(29)23(25-22(28)30)11-9-16(2)10-12-23/h5-8,13,16H,9-12,14H2,1-4H3,(H,25,30). The van der Waals surface area contributed by atoms with Gasteiger partial charge >= 0.3 is 6.03 Å². The second kappa shape index (κ2) is 7.70. The fourth-order valence-corrected chi connectivity index (χ4v) is 4.34. The maximum Gasteiger partial charge on any atom is 0.346 e. The van der Waals surface area contributed by atoms with Gasteiger partial charge in [0.25, 0.3) is 5.91 Å². The zero-order chi connectivity index (χ0) is 21.5. The van der Waals surface area contributed by atoms with Gasteiger partial charge in [0, 0.05) is 11.3 Å². The van der Waals surface area contributed by atoms with Crippen molar-refractivity contribution in [1.82, 2.24) is 20.1 Å². The Morgan fingerprint density at radius 3 is 2.50 bits per heavy atom. The van der Waals surface area contributed by atoms with Crippen molar-refractivity contribution in [3.05, 3.63) is 52.3 Å². The van der Waals surface area contributed by atoms with E-state index in [0.29, 0.717) is 25.3 Å². The molecular formula is C23H29N5O2. The van der Waals surface area contributed by atoms with Gasteiger partial charge in [-0.3, -0.25) is 9.48 Å². The van der Waals surface area contributed by atoms with E-state index in [1.54, 1.807) is 6.21 Å². The second-order valence-corrected chi connectivity index (χ2v) is 8.78. The number of hydrazone groups is 1. The van der Waals surface area contributed by atoms with Crippen LogP contribution in [0.25, 0.3) is 0 Å². The van der Waals surface area contributed by atoms with Crippen LogP contribution in [0, 0.1) is 26.7 Å². The maximum absolute atomic E-state index is 13.0. The predicted octanol–water partition coefficient (Wildman–Crippen LogP) is 3.69. The Labute approximate surface area is 177 Å². The third-order valence-corrected chi connectivity index (χ3v) is 6.46. The molecule has 2 aromatic rings. The average molecular weight is 408 g/mol. The molecule has 158 valence electrons. The van der Waals surface area contributed by atoms with E-state index < -0.39 is 11.6 Å². The Morgan fingerprint density at radius 2 is 1.83 bits per heavy atom. The van der Waals surface area contributed by atoms with Crippen LogP contribution in [0.1, 0.15) is 60.7 Å². The highest BCUT2D eigenvalue weighted by Gasteiger charge is 2.52. The number of carbonyl (C=O) groups is 2. The lowest BCUT2D eigenvalue weighted by Crippen LogP contribution is -2.49. The highest BCUT2D eigenvalue weighted by Crippen LogP contribution is 2.36. The number of rotatable bonds is 4. The van der Waals surface area contributed by atoms with Gasteiger partial charge in [-0.15, -0.1) is 5.01 Å². The maximum atomic E-state index is 13.0. The van der Waals surface area contributed by atoms with Gasteiger partial charge in [0.15, 0.2) is 0 Å². The van der Waals surface area contributed by atoms with Crippen molar-refractivity contribution < 1.29 is 9.59 Å². The molecular weight excluding hydrogens is 378 g/mol. The van der Waals surface area contributed by atoms with Gasteiger partial charge in [0.2, 0.25) is 0 Å². The van der Waals surface area contributed by atoms with Gasteiger partial charge in [-0.1, -0.05) is 36.8 Å². The molecule has 2 heterocycles. The van der Waals surface area contributed by atoms with Gasteiger partial charge in [-0.25, -0.2) is 4.79 Å². The largest absolute Gasteiger partial charge is 0.346 e. The number of imide groups is 1. The number of aromatic nitrogens is 2. The molecule has 1 aliphatic heterocycles. The summed E-state index contributed by atoms with van der Waals surface area (Å²) in [5.41, 5.74) is 4.21. The molecule has 2 fully saturated rings. The average Bonchev–Trinajstić information content (AvgIpc) is 3.11. The Hall–Kier alpha value is -2.96. The molecule has 30 heavy (non-hydrogen) atoms. The van der Waals surface area contributed by atoms with Crippen molar-refractivity contribution in [2.75, 3.05) is 0 Å². The molecule has 1 N–H and O–H groups in total. The highest BCUT2D eigenvalue weighted by atomic mass is 16.2. The minimum atomic E-state index is -0.777. The number of nitrogens with zero attached hydrogens (tertiary/aromatic N) is 4. The second-order valence-electron chi connectivity index (χ2n) is 8.78. The number of hydrogen-bond donors (Lipinski definition) is 1. The summed E-state index contributed by atoms with van der Waals surface area (Å²) in [5, 5.41) is 12.8. The monoisotopic (exact) mass is 407 g/mol. The van der Waals surface area contributed by atoms with Crippen molar-refractivity contribution >= 4 is 18.2 Å². The number of aryl methyl sites for hydroxylation is 2. The first-order valence-corrected chi connectivity index (χ1v) is 10.6. The van der Waals surface area contributed by atoms with Crippen LogP contribution in [0.5, 0.6) is 0 Å². The molecule has 3 amide bonds. The zero-order valence-electron chi connectivity index (χ0n) is 18.1. The smallest absolute Gasteiger partial charge is 0.321 e. The van der Waals surface area contributed by atoms with Crippen LogP contribution in [0.3, 0.4) is 0 Å². The van der Waals surface area contributed by atoms with Crippen molar-refractivity contribution in [2.45, 2.75) is 65.5 Å². The summed E-state index contributed by atoms with van der Waals surface area (Å²) in [6, 6.07) is 7.92. The fourth-order valence-electron chi connectivity index (χ4n) is 4.34. The van der Waals surface area contributed by atoms with Crippen molar-refractivity contribution in [2.24, 2.45) is 11.0 Å². The van der Waals surface area contributed by atoms with Crippen molar-refractivity contribution in [3.63, 3.8) is 0 Å². The van der Waals surface area contributed by atoms with Gasteiger partial charge < -0.3 is 5.32 Å². The van der Waals surface area contributed by atoms with Gasteiger partial charge in [-0.05, 0) is 57.9 Å². The molecule has 0 radical (unpaired) electrons. The van der Waals surface area contributed by atoms with Crippen molar-refractivity contribution in [1.29, 1.82) is 0 Å². The minimum Gasteiger partial charge on any atom is -0.321 e. The molecule has 7 heteroatoms. The molecule has 0 bridgehead atoms. The SMILES string of the molecule is Cc1ccc(Cn2nc(C)c(C=NN3C(=O)NC4(CCC(C)CC4)C3=O)c2C)cc1. The van der Waals surface area contributed by atoms with Crippen LogP contribution in [0.15, 0.2) is 29.4 Å². The van der Waals surface area contributed by atoms with E-state index in [-0.39, 0.29) is 5.91 Å². The summed E-state index contributed by atoms with van der Waals surface area (Å²) in [6.07, 6.45) is 4.82. The lowest BCUT2D eigenvalue weighted by atomic mass is 9.77. The molecule has 7 nitrogen and oxygen atoms in total. The normalized spacial score (nSPS) is 24.3. The third-order valence-electron chi connectivity index (χ3n) is 6.46. The molecule has 1 saturated heterocycles. The highest BCUT2D eigenvalue weighted by molar-refractivity contribution is 6.07. The van der Waals surface area contributed by atoms with Crippen LogP contribution < -0.4 is 5.32 Å². The first-order chi connectivity index (χ1) is 14.3. The molecule has 1 saturated carbocycles. The molecule has 2 aliphatic rings. The summed E-state index contributed by atoms with van der Waals surface area (Å²) >= 11 is 0. The van der Waals surface area contributed by atoms with Crippen LogP contribution in [-0.2, 0) is 11.3 Å². The number of urea groups is 1. The Balaban J connectivity index is 1.53. The van der Waals surface area contributed by atoms with Gasteiger partial charge in [0.05, 0.1) is 18.5 Å². The third kappa shape index (κ3) is 3.64. The fraction of sp³-hybridized carbons (Fsp3) is 0.478. The van der Waals surface area contributed by atoms with Gasteiger partial charge in [-0.2, -0.15) is 10.2 Å². The molecule has 0 unspecified atom stereocenters. The van der Waals surface area contributed by atoms with E-state index >= 15 is 0 Å². The molecule has 1 aliphatic carbocycles. The topological polar surface area (TPSA) is 79.6 Å². The summed E-state index contributed by atoms with van der Waals surface area (Å²) in [7, 11) is 0. The van der Waals surface area contributed by atoms with Crippen LogP contribution in [0.2, 0.25) is 0 Å².